The van der Waals surface area contributed by atoms with Crippen LogP contribution >= 0.6 is 0 Å². The average Bonchev–Trinajstić information content (AvgIpc) is 2.62. The zero-order chi connectivity index (χ0) is 12.6. The van der Waals surface area contributed by atoms with Crippen LogP contribution in [0.25, 0.3) is 5.69 Å². The molecule has 0 unspecified atom stereocenters. The summed E-state index contributed by atoms with van der Waals surface area (Å²) in [5, 5.41) is 0. The van der Waals surface area contributed by atoms with Crippen molar-refractivity contribution in [3.63, 3.8) is 0 Å². The Morgan fingerprint density at radius 1 is 1.18 bits per heavy atom. The maximum atomic E-state index is 12.7. The summed E-state index contributed by atoms with van der Waals surface area (Å²) in [4.78, 5) is 0. The summed E-state index contributed by atoms with van der Waals surface area (Å²) in [6.07, 6.45) is 0.898. The van der Waals surface area contributed by atoms with Crippen LogP contribution in [0.4, 0.5) is 13.2 Å². The fourth-order valence-electron chi connectivity index (χ4n) is 1.68. The lowest BCUT2D eigenvalue weighted by Crippen LogP contribution is -2.23. The van der Waals surface area contributed by atoms with E-state index in [4.69, 9.17) is 0 Å². The highest BCUT2D eigenvalue weighted by Crippen LogP contribution is 2.31. The first-order chi connectivity index (χ1) is 7.86. The van der Waals surface area contributed by atoms with E-state index in [0.717, 1.165) is 12.1 Å². The number of nitrogens with zero attached hydrogens (tertiary/aromatic N) is 2. The minimum Gasteiger partial charge on any atom is -0.239 e. The van der Waals surface area contributed by atoms with Crippen LogP contribution in [0.2, 0.25) is 0 Å². The minimum absolute atomic E-state index is 0.512. The molecule has 0 saturated heterocycles. The fraction of sp³-hybridized carbons (Fsp3) is 0.250. The Morgan fingerprint density at radius 3 is 2.41 bits per heavy atom. The van der Waals surface area contributed by atoms with Gasteiger partial charge in [0.05, 0.1) is 12.6 Å². The molecule has 2 nitrogen and oxygen atoms in total. The lowest BCUT2D eigenvalue weighted by molar-refractivity contribution is -0.670. The van der Waals surface area contributed by atoms with E-state index in [1.54, 1.807) is 40.8 Å². The number of hydrogen-bond acceptors (Lipinski definition) is 0. The Bertz CT molecular complexity index is 541. The maximum Gasteiger partial charge on any atom is 0.416 e. The van der Waals surface area contributed by atoms with Crippen molar-refractivity contribution >= 4 is 0 Å². The van der Waals surface area contributed by atoms with Crippen molar-refractivity contribution in [1.82, 2.24) is 4.57 Å². The molecule has 17 heavy (non-hydrogen) atoms. The van der Waals surface area contributed by atoms with Gasteiger partial charge in [-0.2, -0.15) is 13.2 Å². The molecular weight excluding hydrogens is 229 g/mol. The molecule has 0 atom stereocenters. The van der Waals surface area contributed by atoms with Gasteiger partial charge in [0.1, 0.15) is 18.1 Å². The summed E-state index contributed by atoms with van der Waals surface area (Å²) in [6, 6.07) is 4.01. The van der Waals surface area contributed by atoms with Crippen LogP contribution in [0.1, 0.15) is 11.1 Å². The second-order valence-electron chi connectivity index (χ2n) is 4.04. The van der Waals surface area contributed by atoms with Crippen LogP contribution in [-0.2, 0) is 13.2 Å². The van der Waals surface area contributed by atoms with Gasteiger partial charge in [0, 0.05) is 0 Å². The van der Waals surface area contributed by atoms with E-state index in [9.17, 15) is 13.2 Å². The monoisotopic (exact) mass is 241 g/mol. The number of aryl methyl sites for hydroxylation is 2. The lowest BCUT2D eigenvalue weighted by atomic mass is 10.1. The molecule has 1 heterocycles. The smallest absolute Gasteiger partial charge is 0.239 e. The summed E-state index contributed by atoms with van der Waals surface area (Å²) in [7, 11) is 1.82. The molecular formula is C12H12F3N2+. The maximum absolute atomic E-state index is 12.7. The molecule has 2 aromatic rings. The molecule has 0 aliphatic rings. The van der Waals surface area contributed by atoms with Crippen molar-refractivity contribution in [3.8, 4) is 5.69 Å². The summed E-state index contributed by atoms with van der Waals surface area (Å²) in [5.41, 5.74) is 0.480. The fourth-order valence-corrected chi connectivity index (χ4v) is 1.68. The number of imidazole rings is 1. The van der Waals surface area contributed by atoms with Gasteiger partial charge in [-0.25, -0.2) is 9.13 Å². The van der Waals surface area contributed by atoms with Crippen molar-refractivity contribution in [2.45, 2.75) is 13.1 Å². The summed E-state index contributed by atoms with van der Waals surface area (Å²) < 4.78 is 41.4. The van der Waals surface area contributed by atoms with Crippen LogP contribution in [-0.4, -0.2) is 4.57 Å². The molecule has 0 fully saturated rings. The minimum atomic E-state index is -4.31. The van der Waals surface area contributed by atoms with Gasteiger partial charge in [-0.1, -0.05) is 0 Å². The van der Waals surface area contributed by atoms with Crippen LogP contribution in [0.5, 0.6) is 0 Å². The molecule has 2 rings (SSSR count). The Morgan fingerprint density at radius 2 is 1.88 bits per heavy atom. The normalized spacial score (nSPS) is 11.8. The number of rotatable bonds is 1. The zero-order valence-electron chi connectivity index (χ0n) is 9.49. The number of alkyl halides is 3. The van der Waals surface area contributed by atoms with E-state index < -0.39 is 11.7 Å². The zero-order valence-corrected chi connectivity index (χ0v) is 9.49. The largest absolute Gasteiger partial charge is 0.416 e. The van der Waals surface area contributed by atoms with Gasteiger partial charge in [0.2, 0.25) is 6.33 Å². The molecule has 5 heteroatoms. The number of benzene rings is 1. The third-order valence-corrected chi connectivity index (χ3v) is 2.46. The second-order valence-corrected chi connectivity index (χ2v) is 4.04. The molecule has 0 radical (unpaired) electrons. The van der Waals surface area contributed by atoms with Crippen LogP contribution in [0.15, 0.2) is 36.9 Å². The number of hydrogen-bond donors (Lipinski definition) is 0. The van der Waals surface area contributed by atoms with Gasteiger partial charge >= 0.3 is 6.18 Å². The van der Waals surface area contributed by atoms with Crippen LogP contribution < -0.4 is 4.57 Å². The Kier molecular flexibility index (Phi) is 2.69. The Balaban J connectivity index is 2.52. The van der Waals surface area contributed by atoms with Crippen molar-refractivity contribution in [3.05, 3.63) is 48.0 Å². The molecule has 1 aromatic carbocycles. The molecule has 0 spiro atoms. The van der Waals surface area contributed by atoms with Gasteiger partial charge in [-0.3, -0.25) is 0 Å². The molecule has 0 aliphatic carbocycles. The van der Waals surface area contributed by atoms with Crippen LogP contribution in [0, 0.1) is 6.92 Å². The molecule has 0 amide bonds. The average molecular weight is 241 g/mol. The Hall–Kier alpha value is -1.78. The van der Waals surface area contributed by atoms with E-state index in [2.05, 4.69) is 0 Å². The van der Waals surface area contributed by atoms with E-state index in [1.807, 2.05) is 7.05 Å². The summed E-state index contributed by atoms with van der Waals surface area (Å²) >= 11 is 0. The second kappa shape index (κ2) is 3.91. The third kappa shape index (κ3) is 2.49. The molecule has 0 bridgehead atoms. The molecule has 0 aliphatic heterocycles. The molecule has 90 valence electrons. The predicted octanol–water partition coefficient (Wildman–Crippen LogP) is 2.63. The lowest BCUT2D eigenvalue weighted by Gasteiger charge is -2.08. The highest BCUT2D eigenvalue weighted by atomic mass is 19.4. The van der Waals surface area contributed by atoms with Crippen molar-refractivity contribution < 1.29 is 17.7 Å². The Labute approximate surface area is 96.9 Å². The number of aromatic nitrogens is 2. The van der Waals surface area contributed by atoms with Crippen molar-refractivity contribution in [2.24, 2.45) is 7.05 Å². The first kappa shape index (κ1) is 11.7. The third-order valence-electron chi connectivity index (χ3n) is 2.46. The van der Waals surface area contributed by atoms with Crippen LogP contribution in [0.3, 0.4) is 0 Å². The quantitative estimate of drug-likeness (QED) is 0.679. The van der Waals surface area contributed by atoms with Gasteiger partial charge in [-0.05, 0) is 30.7 Å². The van der Waals surface area contributed by atoms with Gasteiger partial charge in [-0.15, -0.1) is 0 Å². The standard InChI is InChI=1S/C12H12F3N2/c1-9-5-10(12(13,14)15)7-11(6-9)17-4-3-16(2)8-17/h3-8H,1-2H3/q+1. The first-order valence-electron chi connectivity index (χ1n) is 5.09. The first-order valence-corrected chi connectivity index (χ1v) is 5.09. The van der Waals surface area contributed by atoms with E-state index in [0.29, 0.717) is 11.3 Å². The topological polar surface area (TPSA) is 8.81 Å². The van der Waals surface area contributed by atoms with Crippen molar-refractivity contribution in [2.75, 3.05) is 0 Å². The van der Waals surface area contributed by atoms with Gasteiger partial charge < -0.3 is 0 Å². The van der Waals surface area contributed by atoms with Crippen molar-refractivity contribution in [1.29, 1.82) is 0 Å². The highest BCUT2D eigenvalue weighted by molar-refractivity contribution is 5.40. The summed E-state index contributed by atoms with van der Waals surface area (Å²) in [6.45, 7) is 1.66. The SMILES string of the molecule is Cc1cc(-n2cc[n+](C)c2)cc(C(F)(F)F)c1. The van der Waals surface area contributed by atoms with E-state index in [-0.39, 0.29) is 0 Å². The van der Waals surface area contributed by atoms with E-state index in [1.165, 1.54) is 0 Å². The summed E-state index contributed by atoms with van der Waals surface area (Å²) in [5.74, 6) is 0. The molecule has 0 saturated carbocycles. The van der Waals surface area contributed by atoms with Gasteiger partial charge in [0.15, 0.2) is 0 Å². The predicted molar refractivity (Wildman–Crippen MR) is 56.7 cm³/mol. The number of halogens is 3. The van der Waals surface area contributed by atoms with E-state index >= 15 is 0 Å². The van der Waals surface area contributed by atoms with Gasteiger partial charge in [0.25, 0.3) is 0 Å². The highest BCUT2D eigenvalue weighted by Gasteiger charge is 2.31. The molecule has 1 aromatic heterocycles. The molecule has 0 N–H and O–H groups in total.